The Hall–Kier alpha value is -0.900. The van der Waals surface area contributed by atoms with Crippen molar-refractivity contribution >= 4 is 0 Å². The van der Waals surface area contributed by atoms with E-state index in [2.05, 4.69) is 0 Å². The first kappa shape index (κ1) is 11.6. The molecule has 0 aromatic heterocycles. The quantitative estimate of drug-likeness (QED) is 0.849. The standard InChI is InChI=1S/C13H18O3/c14-10-12(11-6-2-1-3-7-11)16-13-8-4-5-9-15-13/h1-3,6-7,12-14H,4-5,8-10H2/t12?,13-/m1/s1. The number of rotatable bonds is 4. The molecule has 0 radical (unpaired) electrons. The van der Waals surface area contributed by atoms with Gasteiger partial charge in [0.2, 0.25) is 0 Å². The lowest BCUT2D eigenvalue weighted by molar-refractivity contribution is -0.196. The molecule has 0 aliphatic carbocycles. The molecule has 0 bridgehead atoms. The second kappa shape index (κ2) is 5.99. The van der Waals surface area contributed by atoms with Crippen LogP contribution in [0.15, 0.2) is 30.3 Å². The van der Waals surface area contributed by atoms with Crippen LogP contribution >= 0.6 is 0 Å². The molecule has 1 unspecified atom stereocenters. The van der Waals surface area contributed by atoms with Crippen LogP contribution in [0.4, 0.5) is 0 Å². The molecule has 3 nitrogen and oxygen atoms in total. The molecule has 0 saturated carbocycles. The number of ether oxygens (including phenoxy) is 2. The Bertz CT molecular complexity index is 293. The zero-order chi connectivity index (χ0) is 11.2. The molecule has 0 amide bonds. The summed E-state index contributed by atoms with van der Waals surface area (Å²) in [5.41, 5.74) is 0.999. The largest absolute Gasteiger partial charge is 0.393 e. The molecular formula is C13H18O3. The van der Waals surface area contributed by atoms with E-state index in [1.165, 1.54) is 0 Å². The fourth-order valence-electron chi connectivity index (χ4n) is 1.90. The van der Waals surface area contributed by atoms with E-state index in [0.717, 1.165) is 31.4 Å². The van der Waals surface area contributed by atoms with Crippen molar-refractivity contribution in [2.24, 2.45) is 0 Å². The van der Waals surface area contributed by atoms with Gasteiger partial charge in [-0.05, 0) is 24.8 Å². The van der Waals surface area contributed by atoms with Crippen molar-refractivity contribution in [3.63, 3.8) is 0 Å². The molecule has 16 heavy (non-hydrogen) atoms. The van der Waals surface area contributed by atoms with E-state index in [9.17, 15) is 5.11 Å². The minimum Gasteiger partial charge on any atom is -0.393 e. The number of hydrogen-bond donors (Lipinski definition) is 1. The Balaban J connectivity index is 1.94. The van der Waals surface area contributed by atoms with Crippen molar-refractivity contribution in [3.8, 4) is 0 Å². The topological polar surface area (TPSA) is 38.7 Å². The molecule has 1 fully saturated rings. The van der Waals surface area contributed by atoms with Crippen molar-refractivity contribution in [1.29, 1.82) is 0 Å². The first-order valence-corrected chi connectivity index (χ1v) is 5.83. The molecule has 3 heteroatoms. The highest BCUT2D eigenvalue weighted by atomic mass is 16.7. The molecular weight excluding hydrogens is 204 g/mol. The average Bonchev–Trinajstić information content (AvgIpc) is 2.38. The Morgan fingerprint density at radius 3 is 2.75 bits per heavy atom. The number of aliphatic hydroxyl groups is 1. The zero-order valence-corrected chi connectivity index (χ0v) is 9.34. The third kappa shape index (κ3) is 3.04. The van der Waals surface area contributed by atoms with E-state index in [1.807, 2.05) is 30.3 Å². The summed E-state index contributed by atoms with van der Waals surface area (Å²) in [5, 5.41) is 9.33. The maximum absolute atomic E-state index is 9.33. The highest BCUT2D eigenvalue weighted by molar-refractivity contribution is 5.17. The van der Waals surface area contributed by atoms with E-state index < -0.39 is 0 Å². The number of aliphatic hydroxyl groups excluding tert-OH is 1. The second-order valence-corrected chi connectivity index (χ2v) is 4.01. The van der Waals surface area contributed by atoms with Crippen LogP contribution in [0.25, 0.3) is 0 Å². The van der Waals surface area contributed by atoms with Gasteiger partial charge in [0.05, 0.1) is 6.61 Å². The SMILES string of the molecule is OCC(O[C@@H]1CCCCO1)c1ccccc1. The fraction of sp³-hybridized carbons (Fsp3) is 0.538. The smallest absolute Gasteiger partial charge is 0.158 e. The Labute approximate surface area is 96.0 Å². The Kier molecular flexibility index (Phi) is 4.34. The molecule has 2 atom stereocenters. The van der Waals surface area contributed by atoms with Gasteiger partial charge in [-0.3, -0.25) is 0 Å². The lowest BCUT2D eigenvalue weighted by Crippen LogP contribution is -2.25. The molecule has 1 N–H and O–H groups in total. The van der Waals surface area contributed by atoms with Gasteiger partial charge in [-0.1, -0.05) is 30.3 Å². The van der Waals surface area contributed by atoms with Crippen molar-refractivity contribution < 1.29 is 14.6 Å². The van der Waals surface area contributed by atoms with Crippen molar-refractivity contribution in [2.45, 2.75) is 31.7 Å². The lowest BCUT2D eigenvalue weighted by Gasteiger charge is -2.27. The maximum Gasteiger partial charge on any atom is 0.158 e. The van der Waals surface area contributed by atoms with Crippen LogP contribution < -0.4 is 0 Å². The van der Waals surface area contributed by atoms with Gasteiger partial charge in [-0.15, -0.1) is 0 Å². The Morgan fingerprint density at radius 2 is 2.12 bits per heavy atom. The van der Waals surface area contributed by atoms with Gasteiger partial charge in [0.15, 0.2) is 6.29 Å². The summed E-state index contributed by atoms with van der Waals surface area (Å²) in [6.07, 6.45) is 2.73. The van der Waals surface area contributed by atoms with Crippen LogP contribution in [0, 0.1) is 0 Å². The minimum absolute atomic E-state index is 0.0100. The molecule has 88 valence electrons. The normalized spacial score (nSPS) is 22.9. The summed E-state index contributed by atoms with van der Waals surface area (Å²) in [6.45, 7) is 0.751. The molecule has 1 saturated heterocycles. The van der Waals surface area contributed by atoms with Crippen LogP contribution in [0.5, 0.6) is 0 Å². The third-order valence-corrected chi connectivity index (χ3v) is 2.79. The molecule has 0 spiro atoms. The predicted molar refractivity (Wildman–Crippen MR) is 60.9 cm³/mol. The lowest BCUT2D eigenvalue weighted by atomic mass is 10.1. The number of hydrogen-bond acceptors (Lipinski definition) is 3. The average molecular weight is 222 g/mol. The predicted octanol–water partition coefficient (Wildman–Crippen LogP) is 2.26. The summed E-state index contributed by atoms with van der Waals surface area (Å²) >= 11 is 0. The van der Waals surface area contributed by atoms with Gasteiger partial charge >= 0.3 is 0 Å². The second-order valence-electron chi connectivity index (χ2n) is 4.01. The van der Waals surface area contributed by atoms with E-state index in [-0.39, 0.29) is 19.0 Å². The van der Waals surface area contributed by atoms with Gasteiger partial charge in [0.1, 0.15) is 6.10 Å². The monoisotopic (exact) mass is 222 g/mol. The summed E-state index contributed by atoms with van der Waals surface area (Å²) in [5.74, 6) is 0. The molecule has 1 aromatic rings. The summed E-state index contributed by atoms with van der Waals surface area (Å²) in [6, 6.07) is 9.77. The van der Waals surface area contributed by atoms with Crippen LogP contribution in [0.2, 0.25) is 0 Å². The van der Waals surface area contributed by atoms with E-state index in [4.69, 9.17) is 9.47 Å². The van der Waals surface area contributed by atoms with E-state index >= 15 is 0 Å². The van der Waals surface area contributed by atoms with Crippen molar-refractivity contribution in [1.82, 2.24) is 0 Å². The highest BCUT2D eigenvalue weighted by Gasteiger charge is 2.20. The molecule has 1 heterocycles. The van der Waals surface area contributed by atoms with E-state index in [0.29, 0.717) is 0 Å². The van der Waals surface area contributed by atoms with Crippen LogP contribution in [0.1, 0.15) is 30.9 Å². The summed E-state index contributed by atoms with van der Waals surface area (Å²) in [4.78, 5) is 0. The minimum atomic E-state index is -0.274. The van der Waals surface area contributed by atoms with Crippen molar-refractivity contribution in [3.05, 3.63) is 35.9 Å². The molecule has 1 aliphatic heterocycles. The highest BCUT2D eigenvalue weighted by Crippen LogP contribution is 2.23. The van der Waals surface area contributed by atoms with Crippen LogP contribution in [-0.4, -0.2) is 24.6 Å². The van der Waals surface area contributed by atoms with Gasteiger partial charge in [0.25, 0.3) is 0 Å². The Morgan fingerprint density at radius 1 is 1.31 bits per heavy atom. The summed E-state index contributed by atoms with van der Waals surface area (Å²) in [7, 11) is 0. The van der Waals surface area contributed by atoms with Crippen molar-refractivity contribution in [2.75, 3.05) is 13.2 Å². The first-order valence-electron chi connectivity index (χ1n) is 5.83. The van der Waals surface area contributed by atoms with Gasteiger partial charge < -0.3 is 14.6 Å². The van der Waals surface area contributed by atoms with Crippen LogP contribution in [0.3, 0.4) is 0 Å². The zero-order valence-electron chi connectivity index (χ0n) is 9.34. The van der Waals surface area contributed by atoms with Crippen LogP contribution in [-0.2, 0) is 9.47 Å². The van der Waals surface area contributed by atoms with Gasteiger partial charge in [0, 0.05) is 6.61 Å². The molecule has 1 aliphatic rings. The number of benzene rings is 1. The molecule has 2 rings (SSSR count). The third-order valence-electron chi connectivity index (χ3n) is 2.79. The molecule has 1 aromatic carbocycles. The fourth-order valence-corrected chi connectivity index (χ4v) is 1.90. The first-order chi connectivity index (χ1) is 7.90. The van der Waals surface area contributed by atoms with E-state index in [1.54, 1.807) is 0 Å². The van der Waals surface area contributed by atoms with Gasteiger partial charge in [-0.25, -0.2) is 0 Å². The maximum atomic E-state index is 9.33. The summed E-state index contributed by atoms with van der Waals surface area (Å²) < 4.78 is 11.3. The van der Waals surface area contributed by atoms with Gasteiger partial charge in [-0.2, -0.15) is 0 Å².